The summed E-state index contributed by atoms with van der Waals surface area (Å²) in [6, 6.07) is 11.4. The van der Waals surface area contributed by atoms with Crippen LogP contribution in [0.1, 0.15) is 54.4 Å². The number of nitriles is 1. The molecule has 0 radical (unpaired) electrons. The molecule has 1 amide bonds. The summed E-state index contributed by atoms with van der Waals surface area (Å²) in [6.07, 6.45) is 5.90. The minimum Gasteiger partial charge on any atom is -0.496 e. The van der Waals surface area contributed by atoms with E-state index < -0.39 is 11.4 Å². The van der Waals surface area contributed by atoms with E-state index in [1.54, 1.807) is 31.5 Å². The molecule has 3 heterocycles. The molecule has 2 aromatic carbocycles. The van der Waals surface area contributed by atoms with Crippen LogP contribution in [0, 0.1) is 18.3 Å². The third-order valence-electron chi connectivity index (χ3n) is 7.89. The third-order valence-corrected chi connectivity index (χ3v) is 8.33. The highest BCUT2D eigenvalue weighted by Gasteiger charge is 2.34. The van der Waals surface area contributed by atoms with E-state index in [-0.39, 0.29) is 6.61 Å². The smallest absolute Gasteiger partial charge is 0.250 e. The number of hydrogen-bond acceptors (Lipinski definition) is 7. The van der Waals surface area contributed by atoms with Crippen LogP contribution in [0.15, 0.2) is 48.8 Å². The molecule has 0 saturated carbocycles. The second kappa shape index (κ2) is 11.9. The van der Waals surface area contributed by atoms with Crippen molar-refractivity contribution in [2.45, 2.75) is 46.3 Å². The molecule has 0 atom stereocenters. The molecule has 0 bridgehead atoms. The third kappa shape index (κ3) is 5.36. The number of ether oxygens (including phenoxy) is 2. The van der Waals surface area contributed by atoms with Gasteiger partial charge in [-0.25, -0.2) is 4.68 Å². The lowest BCUT2D eigenvalue weighted by Gasteiger charge is -2.33. The van der Waals surface area contributed by atoms with Crippen molar-refractivity contribution in [2.24, 2.45) is 5.73 Å². The molecule has 2 aromatic heterocycles. The van der Waals surface area contributed by atoms with Crippen LogP contribution < -0.4 is 15.2 Å². The monoisotopic (exact) mass is 630 g/mol. The standard InChI is InChI=1S/C33H32Cl2N6O3/c1-7-8-27(40(5)33(3,4)17-36)30-26-16-44-29-13-28(43-6)22(24-14-38-15-25(18(24)2)32(37)42)12-23(29)31(26)41(39-30)21-10-19(34)9-20(35)11-21/h8-15H,7,16H2,1-6H3,(H2,37,42)/b27-8+. The van der Waals surface area contributed by atoms with Crippen molar-refractivity contribution in [3.8, 4) is 45.6 Å². The van der Waals surface area contributed by atoms with Crippen LogP contribution in [0.4, 0.5) is 0 Å². The fourth-order valence-electron chi connectivity index (χ4n) is 5.32. The van der Waals surface area contributed by atoms with E-state index in [4.69, 9.17) is 43.5 Å². The number of hydrogen-bond donors (Lipinski definition) is 1. The van der Waals surface area contributed by atoms with Gasteiger partial charge in [-0.05, 0) is 57.0 Å². The number of amides is 1. The van der Waals surface area contributed by atoms with Crippen molar-refractivity contribution in [1.82, 2.24) is 19.7 Å². The number of aromatic nitrogens is 3. The minimum absolute atomic E-state index is 0.216. The summed E-state index contributed by atoms with van der Waals surface area (Å²) in [5.41, 5.74) is 11.6. The van der Waals surface area contributed by atoms with Crippen LogP contribution in [0.3, 0.4) is 0 Å². The van der Waals surface area contributed by atoms with Gasteiger partial charge < -0.3 is 20.1 Å². The molecule has 0 saturated heterocycles. The van der Waals surface area contributed by atoms with Crippen molar-refractivity contribution in [2.75, 3.05) is 14.2 Å². The first-order valence-corrected chi connectivity index (χ1v) is 14.7. The number of carbonyl (C=O) groups excluding carboxylic acids is 1. The predicted octanol–water partition coefficient (Wildman–Crippen LogP) is 7.20. The molecule has 1 aliphatic heterocycles. The molecule has 4 aromatic rings. The Balaban J connectivity index is 1.85. The quantitative estimate of drug-likeness (QED) is 0.218. The number of nitrogens with two attached hydrogens (primary N) is 1. The van der Waals surface area contributed by atoms with E-state index in [1.165, 1.54) is 6.20 Å². The number of rotatable bonds is 8. The largest absolute Gasteiger partial charge is 0.496 e. The second-order valence-electron chi connectivity index (χ2n) is 11.0. The Labute approximate surface area is 266 Å². The van der Waals surface area contributed by atoms with Crippen LogP contribution >= 0.6 is 23.2 Å². The Hall–Kier alpha value is -4.52. The molecule has 0 fully saturated rings. The molecule has 0 aliphatic carbocycles. The topological polar surface area (TPSA) is 119 Å². The normalized spacial score (nSPS) is 12.6. The number of primary amides is 1. The maximum atomic E-state index is 12.1. The summed E-state index contributed by atoms with van der Waals surface area (Å²) in [5, 5.41) is 16.0. The molecule has 9 nitrogen and oxygen atoms in total. The highest BCUT2D eigenvalue weighted by molar-refractivity contribution is 6.34. The maximum absolute atomic E-state index is 12.1. The number of fused-ring (bicyclic) bond motifs is 3. The van der Waals surface area contributed by atoms with E-state index in [0.717, 1.165) is 22.5 Å². The molecule has 1 aliphatic rings. The molecule has 0 spiro atoms. The number of methoxy groups -OCH3 is 1. The number of pyridine rings is 1. The Morgan fingerprint density at radius 2 is 1.89 bits per heavy atom. The Kier molecular flexibility index (Phi) is 8.34. The average Bonchev–Trinajstić information content (AvgIpc) is 3.38. The zero-order chi connectivity index (χ0) is 31.9. The fourth-order valence-corrected chi connectivity index (χ4v) is 5.83. The van der Waals surface area contributed by atoms with Crippen LogP contribution in [0.2, 0.25) is 10.0 Å². The molecule has 2 N–H and O–H groups in total. The molecule has 11 heteroatoms. The summed E-state index contributed by atoms with van der Waals surface area (Å²) >= 11 is 12.9. The zero-order valence-electron chi connectivity index (χ0n) is 25.3. The number of halogens is 2. The Morgan fingerprint density at radius 1 is 1.18 bits per heavy atom. The van der Waals surface area contributed by atoms with Gasteiger partial charge in [0.05, 0.1) is 35.8 Å². The first kappa shape index (κ1) is 30.9. The number of allylic oxidation sites excluding steroid dienone is 1. The van der Waals surface area contributed by atoms with Crippen molar-refractivity contribution in [3.05, 3.63) is 81.2 Å². The maximum Gasteiger partial charge on any atom is 0.250 e. The second-order valence-corrected chi connectivity index (χ2v) is 11.9. The van der Waals surface area contributed by atoms with Gasteiger partial charge >= 0.3 is 0 Å². The van der Waals surface area contributed by atoms with Gasteiger partial charge in [0.15, 0.2) is 0 Å². The van der Waals surface area contributed by atoms with Gasteiger partial charge in [0.2, 0.25) is 0 Å². The Bertz CT molecular complexity index is 1850. The average molecular weight is 632 g/mol. The van der Waals surface area contributed by atoms with Gasteiger partial charge in [-0.15, -0.1) is 0 Å². The minimum atomic E-state index is -0.818. The van der Waals surface area contributed by atoms with E-state index in [9.17, 15) is 10.1 Å². The van der Waals surface area contributed by atoms with Crippen LogP contribution in [0.25, 0.3) is 33.8 Å². The van der Waals surface area contributed by atoms with Gasteiger partial charge in [-0.3, -0.25) is 9.78 Å². The van der Waals surface area contributed by atoms with Gasteiger partial charge in [-0.2, -0.15) is 10.4 Å². The van der Waals surface area contributed by atoms with E-state index >= 15 is 0 Å². The lowest BCUT2D eigenvalue weighted by atomic mass is 9.93. The van der Waals surface area contributed by atoms with E-state index in [1.807, 2.05) is 56.5 Å². The van der Waals surface area contributed by atoms with Crippen molar-refractivity contribution >= 4 is 34.8 Å². The molecular weight excluding hydrogens is 599 g/mol. The highest BCUT2D eigenvalue weighted by Crippen LogP contribution is 2.48. The van der Waals surface area contributed by atoms with Crippen molar-refractivity contribution in [3.63, 3.8) is 0 Å². The summed E-state index contributed by atoms with van der Waals surface area (Å²) in [6.45, 7) is 7.79. The zero-order valence-corrected chi connectivity index (χ0v) is 26.8. The number of benzene rings is 2. The van der Waals surface area contributed by atoms with Crippen LogP contribution in [-0.2, 0) is 6.61 Å². The summed E-state index contributed by atoms with van der Waals surface area (Å²) < 4.78 is 13.9. The van der Waals surface area contributed by atoms with Crippen LogP contribution in [-0.4, -0.2) is 45.3 Å². The summed E-state index contributed by atoms with van der Waals surface area (Å²) in [4.78, 5) is 18.4. The van der Waals surface area contributed by atoms with Crippen molar-refractivity contribution in [1.29, 1.82) is 5.26 Å². The molecular formula is C33H32Cl2N6O3. The van der Waals surface area contributed by atoms with Crippen LogP contribution in [0.5, 0.6) is 11.5 Å². The summed E-state index contributed by atoms with van der Waals surface area (Å²) in [5.74, 6) is 0.555. The first-order valence-electron chi connectivity index (χ1n) is 14.0. The lowest BCUT2D eigenvalue weighted by Crippen LogP contribution is -2.38. The lowest BCUT2D eigenvalue weighted by molar-refractivity contribution is 0.0999. The SMILES string of the molecule is CC/C=C(\c1nn(-c2cc(Cl)cc(Cl)c2)c2c1COc1cc(OC)c(-c3cncc(C(N)=O)c3C)cc1-2)N(C)C(C)(C)C#N. The number of nitrogens with zero attached hydrogens (tertiary/aromatic N) is 5. The van der Waals surface area contributed by atoms with Gasteiger partial charge in [0.25, 0.3) is 5.91 Å². The predicted molar refractivity (Wildman–Crippen MR) is 172 cm³/mol. The van der Waals surface area contributed by atoms with Gasteiger partial charge in [0, 0.05) is 57.8 Å². The molecule has 0 unspecified atom stereocenters. The van der Waals surface area contributed by atoms with Crippen molar-refractivity contribution < 1.29 is 14.3 Å². The van der Waals surface area contributed by atoms with Gasteiger partial charge in [0.1, 0.15) is 29.3 Å². The van der Waals surface area contributed by atoms with E-state index in [0.29, 0.717) is 61.6 Å². The molecule has 44 heavy (non-hydrogen) atoms. The highest BCUT2D eigenvalue weighted by atomic mass is 35.5. The van der Waals surface area contributed by atoms with Gasteiger partial charge in [-0.1, -0.05) is 36.2 Å². The Morgan fingerprint density at radius 3 is 2.50 bits per heavy atom. The summed E-state index contributed by atoms with van der Waals surface area (Å²) in [7, 11) is 3.46. The molecule has 226 valence electrons. The molecule has 5 rings (SSSR count). The fraction of sp³-hybridized carbons (Fsp3) is 0.273. The van der Waals surface area contributed by atoms with E-state index in [2.05, 4.69) is 17.1 Å². The first-order chi connectivity index (χ1) is 20.9. The number of carbonyl (C=O) groups is 1.